The molecule has 1 aliphatic heterocycles. The van der Waals surface area contributed by atoms with E-state index in [1.807, 2.05) is 6.92 Å². The highest BCUT2D eigenvalue weighted by atomic mass is 35.5. The molecule has 1 atom stereocenters. The van der Waals surface area contributed by atoms with E-state index in [9.17, 15) is 22.8 Å². The molecule has 166 valence electrons. The molecule has 1 unspecified atom stereocenters. The maximum Gasteiger partial charge on any atom is 0.422 e. The van der Waals surface area contributed by atoms with Crippen molar-refractivity contribution in [2.75, 3.05) is 13.2 Å². The van der Waals surface area contributed by atoms with Crippen LogP contribution in [0.2, 0.25) is 5.02 Å². The monoisotopic (exact) mass is 456 g/mol. The van der Waals surface area contributed by atoms with Crippen molar-refractivity contribution in [3.8, 4) is 5.88 Å². The van der Waals surface area contributed by atoms with Crippen LogP contribution in [0.25, 0.3) is 0 Å². The van der Waals surface area contributed by atoms with Gasteiger partial charge in [0.05, 0.1) is 18.2 Å². The number of halogens is 4. The number of carbonyl (C=O) groups is 2. The summed E-state index contributed by atoms with van der Waals surface area (Å²) in [5, 5.41) is 2.62. The van der Waals surface area contributed by atoms with E-state index in [0.717, 1.165) is 0 Å². The zero-order valence-corrected chi connectivity index (χ0v) is 17.5. The van der Waals surface area contributed by atoms with E-state index in [4.69, 9.17) is 11.6 Å². The first-order chi connectivity index (χ1) is 14.6. The number of fused-ring (bicyclic) bond motifs is 1. The lowest BCUT2D eigenvalue weighted by Crippen LogP contribution is -2.27. The van der Waals surface area contributed by atoms with Crippen molar-refractivity contribution in [3.05, 3.63) is 51.9 Å². The molecule has 3 heterocycles. The largest absolute Gasteiger partial charge is 0.467 e. The van der Waals surface area contributed by atoms with Crippen molar-refractivity contribution < 1.29 is 27.5 Å². The van der Waals surface area contributed by atoms with E-state index in [0.29, 0.717) is 28.9 Å². The Bertz CT molecular complexity index is 1000. The Morgan fingerprint density at radius 2 is 2.13 bits per heavy atom. The van der Waals surface area contributed by atoms with E-state index < -0.39 is 18.8 Å². The Labute approximate surface area is 181 Å². The topological polar surface area (TPSA) is 84.4 Å². The van der Waals surface area contributed by atoms with Gasteiger partial charge in [-0.3, -0.25) is 14.6 Å². The third-order valence-electron chi connectivity index (χ3n) is 4.82. The molecule has 7 nitrogen and oxygen atoms in total. The Morgan fingerprint density at radius 1 is 1.39 bits per heavy atom. The Morgan fingerprint density at radius 3 is 2.77 bits per heavy atom. The molecule has 0 aliphatic carbocycles. The molecule has 31 heavy (non-hydrogen) atoms. The Kier molecular flexibility index (Phi) is 6.68. The number of hydrogen-bond acceptors (Lipinski definition) is 5. The summed E-state index contributed by atoms with van der Waals surface area (Å²) in [7, 11) is 0. The molecule has 0 saturated heterocycles. The Hall–Kier alpha value is -2.88. The van der Waals surface area contributed by atoms with Crippen molar-refractivity contribution in [1.82, 2.24) is 20.2 Å². The minimum Gasteiger partial charge on any atom is -0.467 e. The van der Waals surface area contributed by atoms with Gasteiger partial charge in [0, 0.05) is 36.6 Å². The zero-order valence-electron chi connectivity index (χ0n) is 16.8. The number of rotatable bonds is 7. The maximum atomic E-state index is 12.9. The van der Waals surface area contributed by atoms with Gasteiger partial charge in [0.25, 0.3) is 5.91 Å². The van der Waals surface area contributed by atoms with E-state index in [-0.39, 0.29) is 35.7 Å². The van der Waals surface area contributed by atoms with Gasteiger partial charge in [0.2, 0.25) is 11.8 Å². The molecule has 1 aliphatic rings. The lowest BCUT2D eigenvalue weighted by Gasteiger charge is -2.25. The fourth-order valence-corrected chi connectivity index (χ4v) is 3.52. The van der Waals surface area contributed by atoms with Gasteiger partial charge in [0.15, 0.2) is 6.61 Å². The highest BCUT2D eigenvalue weighted by Gasteiger charge is 2.34. The van der Waals surface area contributed by atoms with E-state index in [2.05, 4.69) is 20.0 Å². The molecule has 0 spiro atoms. The van der Waals surface area contributed by atoms with Gasteiger partial charge in [-0.15, -0.1) is 0 Å². The van der Waals surface area contributed by atoms with Crippen LogP contribution in [0.3, 0.4) is 0 Å². The van der Waals surface area contributed by atoms with Gasteiger partial charge in [-0.25, -0.2) is 4.98 Å². The highest BCUT2D eigenvalue weighted by Crippen LogP contribution is 2.34. The number of nitrogens with zero attached hydrogens (tertiary/aromatic N) is 3. The molecule has 2 aromatic heterocycles. The SMILES string of the molecule is CCNC(=O)Cc1nccc2c1CN(C(C)c1cnc(OCC(F)(F)F)c(Cl)c1)C2=O. The summed E-state index contributed by atoms with van der Waals surface area (Å²) in [5.74, 6) is -0.761. The molecule has 11 heteroatoms. The first-order valence-corrected chi connectivity index (χ1v) is 9.88. The van der Waals surface area contributed by atoms with Gasteiger partial charge < -0.3 is 15.0 Å². The Balaban J connectivity index is 1.78. The van der Waals surface area contributed by atoms with E-state index in [1.165, 1.54) is 18.5 Å². The second-order valence-corrected chi connectivity index (χ2v) is 7.39. The predicted molar refractivity (Wildman–Crippen MR) is 106 cm³/mol. The van der Waals surface area contributed by atoms with Crippen LogP contribution in [-0.4, -0.2) is 46.0 Å². The maximum absolute atomic E-state index is 12.9. The van der Waals surface area contributed by atoms with Crippen LogP contribution in [0, 0.1) is 0 Å². The van der Waals surface area contributed by atoms with Crippen LogP contribution < -0.4 is 10.1 Å². The number of aromatic nitrogens is 2. The standard InChI is InChI=1S/C20H20ClF3N4O3/c1-3-25-17(29)7-16-14-9-28(19(30)13(14)4-5-26-16)11(2)12-6-15(21)18(27-8-12)31-10-20(22,23)24/h4-6,8,11H,3,7,9-10H2,1-2H3,(H,25,29). The highest BCUT2D eigenvalue weighted by molar-refractivity contribution is 6.31. The van der Waals surface area contributed by atoms with Crippen molar-refractivity contribution >= 4 is 23.4 Å². The summed E-state index contributed by atoms with van der Waals surface area (Å²) >= 11 is 6.03. The van der Waals surface area contributed by atoms with E-state index in [1.54, 1.807) is 17.9 Å². The minimum atomic E-state index is -4.51. The van der Waals surface area contributed by atoms with Crippen molar-refractivity contribution in [2.45, 2.75) is 39.0 Å². The molecular weight excluding hydrogens is 437 g/mol. The lowest BCUT2D eigenvalue weighted by atomic mass is 10.1. The molecular formula is C20H20ClF3N4O3. The fourth-order valence-electron chi connectivity index (χ4n) is 3.29. The number of amides is 2. The first-order valence-electron chi connectivity index (χ1n) is 9.50. The summed E-state index contributed by atoms with van der Waals surface area (Å²) < 4.78 is 41.6. The first kappa shape index (κ1) is 22.8. The second-order valence-electron chi connectivity index (χ2n) is 6.98. The fraction of sp³-hybridized carbons (Fsp3) is 0.400. The van der Waals surface area contributed by atoms with Crippen molar-refractivity contribution in [3.63, 3.8) is 0 Å². The number of carbonyl (C=O) groups excluding carboxylic acids is 2. The average molecular weight is 457 g/mol. The zero-order chi connectivity index (χ0) is 22.8. The number of nitrogens with one attached hydrogen (secondary N) is 1. The number of ether oxygens (including phenoxy) is 1. The van der Waals surface area contributed by atoms with Gasteiger partial charge >= 0.3 is 6.18 Å². The molecule has 0 aromatic carbocycles. The van der Waals surface area contributed by atoms with Gasteiger partial charge in [0.1, 0.15) is 5.02 Å². The van der Waals surface area contributed by atoms with Crippen LogP contribution in [0.15, 0.2) is 24.5 Å². The molecule has 0 fully saturated rings. The van der Waals surface area contributed by atoms with Gasteiger partial charge in [-0.1, -0.05) is 11.6 Å². The van der Waals surface area contributed by atoms with Crippen LogP contribution in [0.5, 0.6) is 5.88 Å². The summed E-state index contributed by atoms with van der Waals surface area (Å²) in [6.07, 6.45) is -1.63. The van der Waals surface area contributed by atoms with Crippen molar-refractivity contribution in [2.24, 2.45) is 0 Å². The molecule has 0 bridgehead atoms. The third-order valence-corrected chi connectivity index (χ3v) is 5.09. The number of pyridine rings is 2. The number of alkyl halides is 3. The van der Waals surface area contributed by atoms with Crippen molar-refractivity contribution in [1.29, 1.82) is 0 Å². The number of likely N-dealkylation sites (N-methyl/N-ethyl adjacent to an activating group) is 1. The summed E-state index contributed by atoms with van der Waals surface area (Å²) in [4.78, 5) is 34.6. The quantitative estimate of drug-likeness (QED) is 0.689. The summed E-state index contributed by atoms with van der Waals surface area (Å²) in [6.45, 7) is 2.79. The third kappa shape index (κ3) is 5.25. The molecule has 1 N–H and O–H groups in total. The van der Waals surface area contributed by atoms with Crippen LogP contribution in [-0.2, 0) is 17.8 Å². The summed E-state index contributed by atoms with van der Waals surface area (Å²) in [5.41, 5.74) is 2.20. The predicted octanol–water partition coefficient (Wildman–Crippen LogP) is 3.47. The van der Waals surface area contributed by atoms with Crippen LogP contribution in [0.4, 0.5) is 13.2 Å². The normalized spacial score (nSPS) is 14.4. The molecule has 3 rings (SSSR count). The van der Waals surface area contributed by atoms with E-state index >= 15 is 0 Å². The lowest BCUT2D eigenvalue weighted by molar-refractivity contribution is -0.154. The van der Waals surface area contributed by atoms with Crippen LogP contribution in [0.1, 0.15) is 47.1 Å². The molecule has 0 saturated carbocycles. The summed E-state index contributed by atoms with van der Waals surface area (Å²) in [6, 6.07) is 2.55. The minimum absolute atomic E-state index is 0.0607. The smallest absolute Gasteiger partial charge is 0.422 e. The average Bonchev–Trinajstić information content (AvgIpc) is 3.04. The second kappa shape index (κ2) is 9.09. The molecule has 0 radical (unpaired) electrons. The van der Waals surface area contributed by atoms with Gasteiger partial charge in [-0.2, -0.15) is 13.2 Å². The molecule has 2 aromatic rings. The van der Waals surface area contributed by atoms with Crippen LogP contribution >= 0.6 is 11.6 Å². The van der Waals surface area contributed by atoms with Gasteiger partial charge in [-0.05, 0) is 31.5 Å². The number of hydrogen-bond donors (Lipinski definition) is 1. The molecule has 2 amide bonds.